The molecule has 8 aromatic rings. The quantitative estimate of drug-likeness (QED) is 0.215. The molecule has 0 fully saturated rings. The minimum Gasteiger partial charge on any atom is -0.455 e. The zero-order valence-electron chi connectivity index (χ0n) is 24.3. The molecule has 44 heavy (non-hydrogen) atoms. The summed E-state index contributed by atoms with van der Waals surface area (Å²) >= 11 is 0. The van der Waals surface area contributed by atoms with Gasteiger partial charge in [0.2, 0.25) is 0 Å². The smallest absolute Gasteiger partial charge is 0.160 e. The average Bonchev–Trinajstić information content (AvgIpc) is 3.57. The van der Waals surface area contributed by atoms with Crippen molar-refractivity contribution in [2.45, 2.75) is 19.3 Å². The highest BCUT2D eigenvalue weighted by Crippen LogP contribution is 2.51. The molecule has 1 aliphatic rings. The number of nitrogens with zero attached hydrogens (tertiary/aromatic N) is 2. The lowest BCUT2D eigenvalue weighted by molar-refractivity contribution is 0.661. The van der Waals surface area contributed by atoms with Crippen molar-refractivity contribution in [3.8, 4) is 44.9 Å². The molecule has 0 spiro atoms. The lowest BCUT2D eigenvalue weighted by atomic mass is 9.80. The fourth-order valence-corrected chi connectivity index (χ4v) is 7.08. The molecule has 0 aliphatic heterocycles. The zero-order valence-corrected chi connectivity index (χ0v) is 24.3. The van der Waals surface area contributed by atoms with Crippen LogP contribution in [0.3, 0.4) is 0 Å². The molecule has 206 valence electrons. The van der Waals surface area contributed by atoms with Gasteiger partial charge in [-0.05, 0) is 39.9 Å². The van der Waals surface area contributed by atoms with Gasteiger partial charge in [0.05, 0.1) is 16.8 Å². The van der Waals surface area contributed by atoms with Crippen molar-refractivity contribution in [2.24, 2.45) is 0 Å². The summed E-state index contributed by atoms with van der Waals surface area (Å²) in [5.41, 5.74) is 12.6. The Hall–Kier alpha value is -5.72. The molecule has 1 aliphatic carbocycles. The summed E-state index contributed by atoms with van der Waals surface area (Å²) in [7, 11) is 0. The molecule has 0 saturated carbocycles. The first-order valence-electron chi connectivity index (χ1n) is 14.9. The van der Waals surface area contributed by atoms with Crippen molar-refractivity contribution in [3.63, 3.8) is 0 Å². The maximum absolute atomic E-state index is 6.28. The molecular formula is C41H26N2O. The third-order valence-corrected chi connectivity index (χ3v) is 9.15. The van der Waals surface area contributed by atoms with E-state index in [2.05, 4.69) is 117 Å². The van der Waals surface area contributed by atoms with Crippen LogP contribution < -0.4 is 0 Å². The van der Waals surface area contributed by atoms with E-state index in [9.17, 15) is 0 Å². The predicted molar refractivity (Wildman–Crippen MR) is 178 cm³/mol. The lowest BCUT2D eigenvalue weighted by Gasteiger charge is -2.24. The first-order valence-corrected chi connectivity index (χ1v) is 14.9. The minimum absolute atomic E-state index is 0.162. The third kappa shape index (κ3) is 3.52. The highest BCUT2D eigenvalue weighted by Gasteiger charge is 2.37. The van der Waals surface area contributed by atoms with E-state index in [1.165, 1.54) is 22.3 Å². The van der Waals surface area contributed by atoms with Gasteiger partial charge in [0, 0.05) is 38.8 Å². The first-order chi connectivity index (χ1) is 21.6. The molecule has 0 unspecified atom stereocenters. The van der Waals surface area contributed by atoms with Crippen molar-refractivity contribution in [1.29, 1.82) is 0 Å². The van der Waals surface area contributed by atoms with Crippen molar-refractivity contribution < 1.29 is 4.42 Å². The Labute approximate surface area is 255 Å². The van der Waals surface area contributed by atoms with Crippen LogP contribution >= 0.6 is 0 Å². The number of furan rings is 1. The van der Waals surface area contributed by atoms with Crippen LogP contribution in [0, 0.1) is 12.1 Å². The Kier molecular flexibility index (Phi) is 5.16. The van der Waals surface area contributed by atoms with Crippen LogP contribution in [0.15, 0.2) is 126 Å². The molecule has 9 rings (SSSR count). The van der Waals surface area contributed by atoms with E-state index in [-0.39, 0.29) is 5.41 Å². The van der Waals surface area contributed by atoms with Crippen molar-refractivity contribution in [2.75, 3.05) is 0 Å². The highest BCUT2D eigenvalue weighted by molar-refractivity contribution is 6.09. The van der Waals surface area contributed by atoms with Crippen LogP contribution in [0.2, 0.25) is 0 Å². The largest absolute Gasteiger partial charge is 0.455 e. The Morgan fingerprint density at radius 1 is 0.614 bits per heavy atom. The summed E-state index contributed by atoms with van der Waals surface area (Å²) < 4.78 is 6.28. The Balaban J connectivity index is 1.20. The van der Waals surface area contributed by atoms with Gasteiger partial charge in [-0.3, -0.25) is 0 Å². The topological polar surface area (TPSA) is 38.9 Å². The molecule has 2 heterocycles. The van der Waals surface area contributed by atoms with E-state index in [1.54, 1.807) is 0 Å². The predicted octanol–water partition coefficient (Wildman–Crippen LogP) is 10.4. The molecule has 3 heteroatoms. The van der Waals surface area contributed by atoms with E-state index in [0.717, 1.165) is 66.6 Å². The number of benzene rings is 5. The van der Waals surface area contributed by atoms with Crippen LogP contribution in [0.1, 0.15) is 25.0 Å². The molecule has 6 aromatic carbocycles. The molecular weight excluding hydrogens is 536 g/mol. The van der Waals surface area contributed by atoms with Crippen LogP contribution in [-0.4, -0.2) is 9.97 Å². The first kappa shape index (κ1) is 24.8. The normalized spacial score (nSPS) is 13.2. The summed E-state index contributed by atoms with van der Waals surface area (Å²) in [5.74, 6) is 0.746. The second-order valence-corrected chi connectivity index (χ2v) is 12.0. The zero-order chi connectivity index (χ0) is 29.4. The Bertz CT molecular complexity index is 2410. The van der Waals surface area contributed by atoms with Gasteiger partial charge in [-0.2, -0.15) is 0 Å². The molecule has 0 bridgehead atoms. The van der Waals surface area contributed by atoms with Gasteiger partial charge in [-0.15, -0.1) is 0 Å². The number of rotatable bonds is 3. The van der Waals surface area contributed by atoms with Gasteiger partial charge >= 0.3 is 0 Å². The fourth-order valence-electron chi connectivity index (χ4n) is 7.08. The standard InChI is InChI=1S/C41H26N2O/c1-41(2)34-18-6-3-11-28(34)30-15-10-17-33(37(30)41)40-42-35-19-7-4-13-32(35)38(43-40)26-23-21-25(22-24-26)27-14-9-16-31-29-12-5-8-20-36(29)44-39(27)31/h3-8,10-13,15-24H,1-2H3. The van der Waals surface area contributed by atoms with Gasteiger partial charge in [0.1, 0.15) is 5.58 Å². The summed E-state index contributed by atoms with van der Waals surface area (Å²) in [6.45, 7) is 4.61. The van der Waals surface area contributed by atoms with E-state index >= 15 is 0 Å². The second-order valence-electron chi connectivity index (χ2n) is 12.0. The molecule has 0 saturated heterocycles. The maximum atomic E-state index is 6.28. The van der Waals surface area contributed by atoms with Gasteiger partial charge in [0.25, 0.3) is 0 Å². The fraction of sp³-hybridized carbons (Fsp3) is 0.0732. The number of aromatic nitrogens is 2. The van der Waals surface area contributed by atoms with Crippen molar-refractivity contribution >= 4 is 32.8 Å². The lowest BCUT2D eigenvalue weighted by Crippen LogP contribution is -2.16. The number of para-hydroxylation sites is 2. The summed E-state index contributed by atoms with van der Waals surface area (Å²) in [6.07, 6.45) is 0. The molecule has 0 amide bonds. The molecule has 0 atom stereocenters. The monoisotopic (exact) mass is 562 g/mol. The Morgan fingerprint density at radius 2 is 1.32 bits per heavy atom. The number of fused-ring (bicyclic) bond motifs is 7. The summed E-state index contributed by atoms with van der Waals surface area (Å²) in [6, 6.07) is 48.6. The van der Waals surface area contributed by atoms with Crippen LogP contribution in [-0.2, 0) is 5.41 Å². The van der Waals surface area contributed by atoms with Crippen LogP contribution in [0.25, 0.3) is 77.7 Å². The molecule has 2 aromatic heterocycles. The van der Waals surface area contributed by atoms with Crippen LogP contribution in [0.5, 0.6) is 0 Å². The van der Waals surface area contributed by atoms with E-state index in [4.69, 9.17) is 14.4 Å². The van der Waals surface area contributed by atoms with E-state index in [1.807, 2.05) is 30.3 Å². The summed E-state index contributed by atoms with van der Waals surface area (Å²) in [4.78, 5) is 10.4. The van der Waals surface area contributed by atoms with Crippen molar-refractivity contribution in [1.82, 2.24) is 9.97 Å². The average molecular weight is 563 g/mol. The summed E-state index contributed by atoms with van der Waals surface area (Å²) in [5, 5.41) is 3.16. The molecule has 0 radical (unpaired) electrons. The van der Waals surface area contributed by atoms with Gasteiger partial charge in [-0.1, -0.05) is 129 Å². The SMILES string of the molecule is CC1(C)c2ccccc2-c2cccc(-c3nc(-c4ccc(-c5c#ccc6c5oc5ccccc56)cc4)c4ccccc4n3)c21. The number of hydrogen-bond donors (Lipinski definition) is 0. The third-order valence-electron chi connectivity index (χ3n) is 9.15. The van der Waals surface area contributed by atoms with E-state index in [0.29, 0.717) is 0 Å². The van der Waals surface area contributed by atoms with Crippen LogP contribution in [0.4, 0.5) is 0 Å². The molecule has 3 nitrogen and oxygen atoms in total. The molecule has 0 N–H and O–H groups in total. The van der Waals surface area contributed by atoms with Crippen molar-refractivity contribution in [3.05, 3.63) is 145 Å². The van der Waals surface area contributed by atoms with E-state index < -0.39 is 0 Å². The van der Waals surface area contributed by atoms with Gasteiger partial charge < -0.3 is 4.42 Å². The van der Waals surface area contributed by atoms with Gasteiger partial charge in [0.15, 0.2) is 11.4 Å². The van der Waals surface area contributed by atoms with Gasteiger partial charge in [-0.25, -0.2) is 9.97 Å². The Morgan fingerprint density at radius 3 is 2.20 bits per heavy atom. The number of hydrogen-bond acceptors (Lipinski definition) is 3. The maximum Gasteiger partial charge on any atom is 0.160 e. The minimum atomic E-state index is -0.162. The highest BCUT2D eigenvalue weighted by atomic mass is 16.3. The second kappa shape index (κ2) is 9.14.